The highest BCUT2D eigenvalue weighted by Crippen LogP contribution is 2.13. The van der Waals surface area contributed by atoms with E-state index in [0.29, 0.717) is 24.7 Å². The molecule has 0 saturated carbocycles. The Morgan fingerprint density at radius 1 is 1.35 bits per heavy atom. The van der Waals surface area contributed by atoms with Crippen molar-refractivity contribution in [1.82, 2.24) is 10.3 Å². The Hall–Kier alpha value is -1.86. The molecule has 7 heteroatoms. The maximum Gasteiger partial charge on any atom is 0.225 e. The van der Waals surface area contributed by atoms with Crippen LogP contribution < -0.4 is 16.2 Å². The number of ether oxygens (including phenoxy) is 1. The minimum atomic E-state index is 0.578. The molecule has 6 nitrogen and oxygen atoms in total. The van der Waals surface area contributed by atoms with Gasteiger partial charge < -0.3 is 15.0 Å². The second kappa shape index (κ2) is 9.11. The second-order valence-corrected chi connectivity index (χ2v) is 4.40. The van der Waals surface area contributed by atoms with Crippen LogP contribution in [0.25, 0.3) is 0 Å². The summed E-state index contributed by atoms with van der Waals surface area (Å²) in [5.41, 5.74) is 6.77. The van der Waals surface area contributed by atoms with Crippen LogP contribution in [0.2, 0.25) is 0 Å². The van der Waals surface area contributed by atoms with Crippen LogP contribution in [0, 0.1) is 0 Å². The Morgan fingerprint density at radius 2 is 2.00 bits per heavy atom. The number of hydrazine groups is 1. The summed E-state index contributed by atoms with van der Waals surface area (Å²) in [7, 11) is 1.91. The smallest absolute Gasteiger partial charge is 0.225 e. The standard InChI is InChI=1S/C13H20N4O2S/c1-3-19-9-8-17(2)13(20)15-11-4-6-12(7-5-11)16-14-10-18/h4-7,10,16H,3,8-9H2,1-2H3,(H,14,18)(H,15,20). The zero-order valence-electron chi connectivity index (χ0n) is 11.7. The van der Waals surface area contributed by atoms with E-state index in [4.69, 9.17) is 17.0 Å². The molecule has 0 bridgehead atoms. The highest BCUT2D eigenvalue weighted by atomic mass is 32.1. The van der Waals surface area contributed by atoms with Crippen LogP contribution in [0.15, 0.2) is 24.3 Å². The van der Waals surface area contributed by atoms with Crippen LogP contribution in [-0.4, -0.2) is 43.2 Å². The third-order valence-corrected chi connectivity index (χ3v) is 2.95. The van der Waals surface area contributed by atoms with Crippen molar-refractivity contribution in [2.24, 2.45) is 0 Å². The first-order chi connectivity index (χ1) is 9.67. The minimum absolute atomic E-state index is 0.578. The van der Waals surface area contributed by atoms with Gasteiger partial charge in [0.15, 0.2) is 5.11 Å². The maximum atomic E-state index is 10.2. The van der Waals surface area contributed by atoms with Crippen LogP contribution in [0.1, 0.15) is 6.92 Å². The van der Waals surface area contributed by atoms with Gasteiger partial charge in [-0.1, -0.05) is 0 Å². The number of carbonyl (C=O) groups is 1. The van der Waals surface area contributed by atoms with Crippen molar-refractivity contribution in [1.29, 1.82) is 0 Å². The van der Waals surface area contributed by atoms with E-state index in [2.05, 4.69) is 16.2 Å². The van der Waals surface area contributed by atoms with Gasteiger partial charge in [0, 0.05) is 25.9 Å². The first-order valence-electron chi connectivity index (χ1n) is 6.32. The molecule has 0 atom stereocenters. The van der Waals surface area contributed by atoms with Gasteiger partial charge in [0.25, 0.3) is 0 Å². The molecule has 1 rings (SSSR count). The molecule has 0 aromatic heterocycles. The number of nitrogens with zero attached hydrogens (tertiary/aromatic N) is 1. The molecule has 0 saturated heterocycles. The number of anilines is 2. The van der Waals surface area contributed by atoms with Crippen LogP contribution >= 0.6 is 12.2 Å². The molecule has 1 aromatic rings. The third-order valence-electron chi connectivity index (χ3n) is 2.53. The monoisotopic (exact) mass is 296 g/mol. The number of likely N-dealkylation sites (N-methyl/N-ethyl adjacent to an activating group) is 1. The molecule has 0 unspecified atom stereocenters. The normalized spacial score (nSPS) is 9.70. The van der Waals surface area contributed by atoms with E-state index in [1.165, 1.54) is 0 Å². The van der Waals surface area contributed by atoms with E-state index in [1.807, 2.05) is 43.1 Å². The van der Waals surface area contributed by atoms with Crippen molar-refractivity contribution in [2.75, 3.05) is 37.5 Å². The predicted octanol–water partition coefficient (Wildman–Crippen LogP) is 1.42. The largest absolute Gasteiger partial charge is 0.380 e. The molecule has 0 aliphatic rings. The Kier molecular flexibility index (Phi) is 7.38. The van der Waals surface area contributed by atoms with Gasteiger partial charge in [0.05, 0.1) is 12.3 Å². The Balaban J connectivity index is 2.42. The summed E-state index contributed by atoms with van der Waals surface area (Å²) in [4.78, 5) is 12.1. The molecule has 110 valence electrons. The maximum absolute atomic E-state index is 10.2. The summed E-state index contributed by atoms with van der Waals surface area (Å²) >= 11 is 5.30. The Morgan fingerprint density at radius 3 is 2.60 bits per heavy atom. The zero-order chi connectivity index (χ0) is 14.8. The summed E-state index contributed by atoms with van der Waals surface area (Å²) in [6.45, 7) is 4.06. The second-order valence-electron chi connectivity index (χ2n) is 4.01. The van der Waals surface area contributed by atoms with Gasteiger partial charge in [0.1, 0.15) is 0 Å². The van der Waals surface area contributed by atoms with Crippen molar-refractivity contribution in [3.63, 3.8) is 0 Å². The third kappa shape index (κ3) is 5.85. The lowest BCUT2D eigenvalue weighted by Gasteiger charge is -2.21. The molecule has 1 amide bonds. The SMILES string of the molecule is CCOCCN(C)C(=S)Nc1ccc(NNC=O)cc1. The predicted molar refractivity (Wildman–Crippen MR) is 84.6 cm³/mol. The summed E-state index contributed by atoms with van der Waals surface area (Å²) in [6, 6.07) is 7.41. The lowest BCUT2D eigenvalue weighted by Crippen LogP contribution is -2.33. The van der Waals surface area contributed by atoms with Gasteiger partial charge in [-0.25, -0.2) is 0 Å². The average Bonchev–Trinajstić information content (AvgIpc) is 2.46. The van der Waals surface area contributed by atoms with E-state index in [1.54, 1.807) is 0 Å². The first kappa shape index (κ1) is 16.2. The number of hydrogen-bond acceptors (Lipinski definition) is 4. The highest BCUT2D eigenvalue weighted by molar-refractivity contribution is 7.80. The van der Waals surface area contributed by atoms with Crippen LogP contribution in [-0.2, 0) is 9.53 Å². The molecule has 3 N–H and O–H groups in total. The summed E-state index contributed by atoms with van der Waals surface area (Å²) in [5.74, 6) is 0. The first-order valence-corrected chi connectivity index (χ1v) is 6.73. The number of benzene rings is 1. The number of amides is 1. The van der Waals surface area contributed by atoms with Crippen LogP contribution in [0.4, 0.5) is 11.4 Å². The van der Waals surface area contributed by atoms with E-state index >= 15 is 0 Å². The van der Waals surface area contributed by atoms with Gasteiger partial charge in [0.2, 0.25) is 6.41 Å². The van der Waals surface area contributed by atoms with Crippen LogP contribution in [0.3, 0.4) is 0 Å². The van der Waals surface area contributed by atoms with Crippen molar-refractivity contribution in [3.05, 3.63) is 24.3 Å². The van der Waals surface area contributed by atoms with E-state index in [9.17, 15) is 4.79 Å². The number of hydrogen-bond donors (Lipinski definition) is 3. The number of nitrogens with one attached hydrogen (secondary N) is 3. The molecular weight excluding hydrogens is 276 g/mol. The van der Waals surface area contributed by atoms with E-state index in [0.717, 1.165) is 17.9 Å². The zero-order valence-corrected chi connectivity index (χ0v) is 12.5. The van der Waals surface area contributed by atoms with Crippen molar-refractivity contribution >= 4 is 35.1 Å². The molecular formula is C13H20N4O2S. The van der Waals surface area contributed by atoms with Crippen molar-refractivity contribution in [2.45, 2.75) is 6.92 Å². The fourth-order valence-corrected chi connectivity index (χ4v) is 1.63. The summed E-state index contributed by atoms with van der Waals surface area (Å²) in [5, 5.41) is 3.77. The van der Waals surface area contributed by atoms with Crippen molar-refractivity contribution < 1.29 is 9.53 Å². The molecule has 0 spiro atoms. The highest BCUT2D eigenvalue weighted by Gasteiger charge is 2.04. The number of rotatable bonds is 8. The fraction of sp³-hybridized carbons (Fsp3) is 0.385. The average molecular weight is 296 g/mol. The van der Waals surface area contributed by atoms with Gasteiger partial charge in [-0.3, -0.25) is 15.6 Å². The quantitative estimate of drug-likeness (QED) is 0.292. The molecule has 1 aromatic carbocycles. The molecule has 0 heterocycles. The van der Waals surface area contributed by atoms with Gasteiger partial charge >= 0.3 is 0 Å². The van der Waals surface area contributed by atoms with Crippen LogP contribution in [0.5, 0.6) is 0 Å². The van der Waals surface area contributed by atoms with Gasteiger partial charge in [-0.2, -0.15) is 0 Å². The Bertz CT molecular complexity index is 425. The Labute approximate surface area is 124 Å². The summed E-state index contributed by atoms with van der Waals surface area (Å²) in [6.07, 6.45) is 0.578. The molecule has 20 heavy (non-hydrogen) atoms. The summed E-state index contributed by atoms with van der Waals surface area (Å²) < 4.78 is 5.29. The van der Waals surface area contributed by atoms with E-state index < -0.39 is 0 Å². The fourth-order valence-electron chi connectivity index (χ4n) is 1.42. The number of carbonyl (C=O) groups excluding carboxylic acids is 1. The van der Waals surface area contributed by atoms with Crippen molar-refractivity contribution in [3.8, 4) is 0 Å². The lowest BCUT2D eigenvalue weighted by molar-refractivity contribution is -0.109. The lowest BCUT2D eigenvalue weighted by atomic mass is 10.3. The molecule has 0 fully saturated rings. The molecule has 0 aliphatic heterocycles. The topological polar surface area (TPSA) is 65.6 Å². The minimum Gasteiger partial charge on any atom is -0.380 e. The molecule has 0 radical (unpaired) electrons. The van der Waals surface area contributed by atoms with Gasteiger partial charge in [-0.15, -0.1) is 0 Å². The van der Waals surface area contributed by atoms with E-state index in [-0.39, 0.29) is 0 Å². The number of thiocarbonyl (C=S) groups is 1. The molecule has 0 aliphatic carbocycles. The van der Waals surface area contributed by atoms with Gasteiger partial charge in [-0.05, 0) is 43.4 Å².